The van der Waals surface area contributed by atoms with Crippen LogP contribution >= 0.6 is 11.6 Å². The number of carbonyl (C=O) groups is 1. The van der Waals surface area contributed by atoms with E-state index >= 15 is 0 Å². The van der Waals surface area contributed by atoms with Crippen molar-refractivity contribution >= 4 is 23.2 Å². The third-order valence-electron chi connectivity index (χ3n) is 2.53. The summed E-state index contributed by atoms with van der Waals surface area (Å²) in [6.45, 7) is 3.47. The van der Waals surface area contributed by atoms with Crippen LogP contribution in [0.5, 0.6) is 0 Å². The minimum Gasteiger partial charge on any atom is -0.396 e. The third kappa shape index (κ3) is 3.68. The monoisotopic (exact) mass is 259 g/mol. The van der Waals surface area contributed by atoms with Crippen molar-refractivity contribution in [1.29, 1.82) is 0 Å². The fraction of sp³-hybridized carbons (Fsp3) is 0.417. The second-order valence-electron chi connectivity index (χ2n) is 4.15. The highest BCUT2D eigenvalue weighted by atomic mass is 35.5. The average Bonchev–Trinajstić information content (AvgIpc) is 2.24. The molecule has 1 atom stereocenters. The van der Waals surface area contributed by atoms with E-state index in [2.05, 4.69) is 5.32 Å². The van der Waals surface area contributed by atoms with Gasteiger partial charge in [0.15, 0.2) is 0 Å². The first-order valence-electron chi connectivity index (χ1n) is 5.32. The standard InChI is InChI=1S/C12H15ClFNO2/c1-7(2)9(6-16)12(17)15-8-3-4-11(14)10(13)5-8/h3-5,7,9,16H,6H2,1-2H3,(H,15,17). The number of nitrogens with one attached hydrogen (secondary N) is 1. The van der Waals surface area contributed by atoms with Crippen LogP contribution in [-0.4, -0.2) is 17.6 Å². The van der Waals surface area contributed by atoms with Crippen molar-refractivity contribution in [3.05, 3.63) is 29.0 Å². The first-order valence-corrected chi connectivity index (χ1v) is 5.70. The molecule has 0 saturated heterocycles. The fourth-order valence-corrected chi connectivity index (χ4v) is 1.59. The van der Waals surface area contributed by atoms with Crippen LogP contribution in [0, 0.1) is 17.7 Å². The largest absolute Gasteiger partial charge is 0.396 e. The molecule has 0 aliphatic carbocycles. The van der Waals surface area contributed by atoms with E-state index in [-0.39, 0.29) is 23.5 Å². The molecule has 0 aliphatic rings. The molecule has 0 aliphatic heterocycles. The van der Waals surface area contributed by atoms with Crippen molar-refractivity contribution in [2.75, 3.05) is 11.9 Å². The van der Waals surface area contributed by atoms with Gasteiger partial charge in [-0.05, 0) is 24.1 Å². The van der Waals surface area contributed by atoms with Crippen LogP contribution in [0.25, 0.3) is 0 Å². The molecule has 2 N–H and O–H groups in total. The van der Waals surface area contributed by atoms with Gasteiger partial charge in [-0.1, -0.05) is 25.4 Å². The Morgan fingerprint density at radius 1 is 1.53 bits per heavy atom. The van der Waals surface area contributed by atoms with Crippen molar-refractivity contribution in [3.8, 4) is 0 Å². The zero-order valence-electron chi connectivity index (χ0n) is 9.71. The molecule has 0 aromatic heterocycles. The number of aliphatic hydroxyl groups is 1. The molecule has 1 rings (SSSR count). The molecule has 0 heterocycles. The maximum Gasteiger partial charge on any atom is 0.230 e. The Hall–Kier alpha value is -1.13. The molecule has 94 valence electrons. The molecule has 0 spiro atoms. The van der Waals surface area contributed by atoms with Crippen molar-refractivity contribution in [3.63, 3.8) is 0 Å². The van der Waals surface area contributed by atoms with E-state index in [1.54, 1.807) is 0 Å². The smallest absolute Gasteiger partial charge is 0.230 e. The van der Waals surface area contributed by atoms with E-state index < -0.39 is 11.7 Å². The maximum absolute atomic E-state index is 12.9. The molecule has 0 saturated carbocycles. The highest BCUT2D eigenvalue weighted by molar-refractivity contribution is 6.31. The fourth-order valence-electron chi connectivity index (χ4n) is 1.41. The Labute approximate surface area is 105 Å². The molecule has 1 amide bonds. The van der Waals surface area contributed by atoms with Gasteiger partial charge < -0.3 is 10.4 Å². The van der Waals surface area contributed by atoms with Crippen molar-refractivity contribution < 1.29 is 14.3 Å². The zero-order chi connectivity index (χ0) is 13.0. The van der Waals surface area contributed by atoms with Crippen LogP contribution in [0.1, 0.15) is 13.8 Å². The number of halogens is 2. The first kappa shape index (κ1) is 13.9. The molecule has 3 nitrogen and oxygen atoms in total. The summed E-state index contributed by atoms with van der Waals surface area (Å²) in [7, 11) is 0. The van der Waals surface area contributed by atoms with E-state index in [0.29, 0.717) is 5.69 Å². The minimum absolute atomic E-state index is 0.0240. The second-order valence-corrected chi connectivity index (χ2v) is 4.56. The van der Waals surface area contributed by atoms with Crippen LogP contribution in [0.4, 0.5) is 10.1 Å². The summed E-state index contributed by atoms with van der Waals surface area (Å²) in [6, 6.07) is 3.94. The van der Waals surface area contributed by atoms with E-state index in [1.807, 2.05) is 13.8 Å². The van der Waals surface area contributed by atoms with Gasteiger partial charge in [0.2, 0.25) is 5.91 Å². The third-order valence-corrected chi connectivity index (χ3v) is 2.81. The molecule has 1 aromatic rings. The predicted octanol–water partition coefficient (Wildman–Crippen LogP) is 2.68. The minimum atomic E-state index is -0.535. The average molecular weight is 260 g/mol. The number of anilines is 1. The molecule has 17 heavy (non-hydrogen) atoms. The topological polar surface area (TPSA) is 49.3 Å². The van der Waals surface area contributed by atoms with Gasteiger partial charge in [-0.25, -0.2) is 4.39 Å². The lowest BCUT2D eigenvalue weighted by Crippen LogP contribution is -2.29. The Bertz CT molecular complexity index is 409. The SMILES string of the molecule is CC(C)C(CO)C(=O)Nc1ccc(F)c(Cl)c1. The Balaban J connectivity index is 2.77. The second kappa shape index (κ2) is 5.98. The number of benzene rings is 1. The Kier molecular flexibility index (Phi) is 4.90. The molecule has 0 bridgehead atoms. The number of carbonyl (C=O) groups excluding carboxylic acids is 1. The van der Waals surface area contributed by atoms with Gasteiger partial charge in [-0.15, -0.1) is 0 Å². The van der Waals surface area contributed by atoms with Crippen LogP contribution in [0.2, 0.25) is 5.02 Å². The molecule has 1 aromatic carbocycles. The van der Waals surface area contributed by atoms with Gasteiger partial charge in [-0.3, -0.25) is 4.79 Å². The highest BCUT2D eigenvalue weighted by Gasteiger charge is 2.21. The molecule has 5 heteroatoms. The normalized spacial score (nSPS) is 12.6. The molecular weight excluding hydrogens is 245 g/mol. The van der Waals surface area contributed by atoms with Crippen LogP contribution < -0.4 is 5.32 Å². The first-order chi connectivity index (χ1) is 7.95. The van der Waals surface area contributed by atoms with Gasteiger partial charge >= 0.3 is 0 Å². The van der Waals surface area contributed by atoms with E-state index in [4.69, 9.17) is 16.7 Å². The highest BCUT2D eigenvalue weighted by Crippen LogP contribution is 2.20. The lowest BCUT2D eigenvalue weighted by atomic mass is 9.96. The van der Waals surface area contributed by atoms with Gasteiger partial charge in [-0.2, -0.15) is 0 Å². The van der Waals surface area contributed by atoms with Crippen molar-refractivity contribution in [1.82, 2.24) is 0 Å². The molecule has 0 radical (unpaired) electrons. The summed E-state index contributed by atoms with van der Waals surface area (Å²) in [5, 5.41) is 11.6. The number of aliphatic hydroxyl groups excluding tert-OH is 1. The van der Waals surface area contributed by atoms with E-state index in [9.17, 15) is 9.18 Å². The summed E-state index contributed by atoms with van der Waals surface area (Å²) >= 11 is 5.60. The zero-order valence-corrected chi connectivity index (χ0v) is 10.5. The van der Waals surface area contributed by atoms with Gasteiger partial charge in [0.1, 0.15) is 5.82 Å². The van der Waals surface area contributed by atoms with Gasteiger partial charge in [0, 0.05) is 5.69 Å². The van der Waals surface area contributed by atoms with Crippen LogP contribution in [0.3, 0.4) is 0 Å². The number of hydrogen-bond acceptors (Lipinski definition) is 2. The predicted molar refractivity (Wildman–Crippen MR) is 65.5 cm³/mol. The number of rotatable bonds is 4. The van der Waals surface area contributed by atoms with Gasteiger partial charge in [0.25, 0.3) is 0 Å². The van der Waals surface area contributed by atoms with Crippen molar-refractivity contribution in [2.45, 2.75) is 13.8 Å². The van der Waals surface area contributed by atoms with Crippen molar-refractivity contribution in [2.24, 2.45) is 11.8 Å². The summed E-state index contributed by atoms with van der Waals surface area (Å²) < 4.78 is 12.9. The summed E-state index contributed by atoms with van der Waals surface area (Å²) in [6.07, 6.45) is 0. The van der Waals surface area contributed by atoms with Gasteiger partial charge in [0.05, 0.1) is 17.5 Å². The molecule has 1 unspecified atom stereocenters. The summed E-state index contributed by atoms with van der Waals surface area (Å²) in [5.74, 6) is -1.30. The lowest BCUT2D eigenvalue weighted by molar-refractivity contribution is -0.122. The summed E-state index contributed by atoms with van der Waals surface area (Å²) in [4.78, 5) is 11.8. The number of amides is 1. The maximum atomic E-state index is 12.9. The summed E-state index contributed by atoms with van der Waals surface area (Å²) in [5.41, 5.74) is 0.417. The number of hydrogen-bond donors (Lipinski definition) is 2. The van der Waals surface area contributed by atoms with Crippen LogP contribution in [-0.2, 0) is 4.79 Å². The van der Waals surface area contributed by atoms with E-state index in [1.165, 1.54) is 18.2 Å². The Morgan fingerprint density at radius 2 is 2.18 bits per heavy atom. The van der Waals surface area contributed by atoms with Crippen LogP contribution in [0.15, 0.2) is 18.2 Å². The Morgan fingerprint density at radius 3 is 2.65 bits per heavy atom. The lowest BCUT2D eigenvalue weighted by Gasteiger charge is -2.17. The molecule has 0 fully saturated rings. The quantitative estimate of drug-likeness (QED) is 0.873. The van der Waals surface area contributed by atoms with E-state index in [0.717, 1.165) is 0 Å². The molecular formula is C12H15ClFNO2.